The second-order valence-electron chi connectivity index (χ2n) is 6.89. The van der Waals surface area contributed by atoms with Gasteiger partial charge in [-0.05, 0) is 19.1 Å². The number of nitrogens with one attached hydrogen (secondary N) is 1. The number of fused-ring (bicyclic) bond motifs is 1. The summed E-state index contributed by atoms with van der Waals surface area (Å²) in [5.41, 5.74) is 3.86. The molecule has 0 atom stereocenters. The summed E-state index contributed by atoms with van der Waals surface area (Å²) in [7, 11) is 0. The molecule has 8 nitrogen and oxygen atoms in total. The molecule has 1 aliphatic rings. The minimum absolute atomic E-state index is 0.0948. The van der Waals surface area contributed by atoms with Crippen LogP contribution in [0.5, 0.6) is 5.75 Å². The maximum atomic E-state index is 12.7. The second-order valence-corrected chi connectivity index (χ2v) is 6.89. The molecule has 8 heteroatoms. The Kier molecular flexibility index (Phi) is 4.89. The molecule has 0 bridgehead atoms. The molecular formula is C20H21N5O3. The molecule has 144 valence electrons. The first-order valence-electron chi connectivity index (χ1n) is 9.08. The monoisotopic (exact) mass is 379 g/mol. The van der Waals surface area contributed by atoms with Gasteiger partial charge in [-0.15, -0.1) is 0 Å². The van der Waals surface area contributed by atoms with Crippen LogP contribution in [0.25, 0.3) is 11.4 Å². The molecule has 3 aromatic heterocycles. The number of aliphatic hydroxyl groups excluding tert-OH is 1. The van der Waals surface area contributed by atoms with Gasteiger partial charge in [0.25, 0.3) is 5.56 Å². The van der Waals surface area contributed by atoms with E-state index in [2.05, 4.69) is 24.8 Å². The van der Waals surface area contributed by atoms with Crippen molar-refractivity contribution >= 4 is 0 Å². The third-order valence-electron chi connectivity index (χ3n) is 5.08. The standard InChI is InChI=1S/C20H21N5O3/c1-12-18(27)15(14(11-26)8-22-12)9-25-7-4-17-16(10-25)20(28)24-19(23-17)13-2-5-21-6-3-13/h2-3,5-6,8,26-27H,4,7,9-11H2,1H3,(H,23,24,28). The molecule has 0 aliphatic carbocycles. The molecule has 3 aromatic rings. The highest BCUT2D eigenvalue weighted by Gasteiger charge is 2.23. The van der Waals surface area contributed by atoms with Gasteiger partial charge in [0, 0.05) is 61.3 Å². The first-order chi connectivity index (χ1) is 13.6. The summed E-state index contributed by atoms with van der Waals surface area (Å²) in [6.07, 6.45) is 5.55. The van der Waals surface area contributed by atoms with Crippen LogP contribution < -0.4 is 5.56 Å². The summed E-state index contributed by atoms with van der Waals surface area (Å²) < 4.78 is 0. The predicted octanol–water partition coefficient (Wildman–Crippen LogP) is 1.29. The topological polar surface area (TPSA) is 115 Å². The zero-order chi connectivity index (χ0) is 19.7. The van der Waals surface area contributed by atoms with Gasteiger partial charge < -0.3 is 15.2 Å². The van der Waals surface area contributed by atoms with Gasteiger partial charge in [-0.25, -0.2) is 4.98 Å². The number of pyridine rings is 2. The molecule has 0 fully saturated rings. The maximum Gasteiger partial charge on any atom is 0.255 e. The molecule has 0 aromatic carbocycles. The predicted molar refractivity (Wildman–Crippen MR) is 102 cm³/mol. The quantitative estimate of drug-likeness (QED) is 0.626. The van der Waals surface area contributed by atoms with E-state index in [0.29, 0.717) is 54.3 Å². The van der Waals surface area contributed by atoms with Crippen molar-refractivity contribution in [2.45, 2.75) is 33.0 Å². The first kappa shape index (κ1) is 18.3. The van der Waals surface area contributed by atoms with Crippen molar-refractivity contribution in [3.63, 3.8) is 0 Å². The summed E-state index contributed by atoms with van der Waals surface area (Å²) in [5.74, 6) is 0.641. The number of hydrogen-bond donors (Lipinski definition) is 3. The molecule has 0 spiro atoms. The Morgan fingerprint density at radius 2 is 2.07 bits per heavy atom. The highest BCUT2D eigenvalue weighted by molar-refractivity contribution is 5.54. The van der Waals surface area contributed by atoms with Crippen LogP contribution in [0.1, 0.15) is 28.1 Å². The van der Waals surface area contributed by atoms with Crippen LogP contribution in [-0.4, -0.2) is 41.6 Å². The number of rotatable bonds is 4. The average Bonchev–Trinajstić information content (AvgIpc) is 2.72. The van der Waals surface area contributed by atoms with E-state index in [9.17, 15) is 15.0 Å². The molecule has 28 heavy (non-hydrogen) atoms. The van der Waals surface area contributed by atoms with Crippen LogP contribution in [0.4, 0.5) is 0 Å². The lowest BCUT2D eigenvalue weighted by molar-refractivity contribution is 0.232. The summed E-state index contributed by atoms with van der Waals surface area (Å²) >= 11 is 0. The molecule has 0 saturated heterocycles. The molecule has 1 aliphatic heterocycles. The van der Waals surface area contributed by atoms with E-state index in [0.717, 1.165) is 11.3 Å². The fourth-order valence-corrected chi connectivity index (χ4v) is 3.48. The Labute approximate surface area is 161 Å². The van der Waals surface area contributed by atoms with Crippen LogP contribution in [0.3, 0.4) is 0 Å². The molecule has 0 unspecified atom stereocenters. The van der Waals surface area contributed by atoms with Crippen molar-refractivity contribution in [1.29, 1.82) is 0 Å². The summed E-state index contributed by atoms with van der Waals surface area (Å²) in [4.78, 5) is 30.3. The van der Waals surface area contributed by atoms with Gasteiger partial charge in [0.15, 0.2) is 0 Å². The fourth-order valence-electron chi connectivity index (χ4n) is 3.48. The maximum absolute atomic E-state index is 12.7. The van der Waals surface area contributed by atoms with Crippen molar-refractivity contribution < 1.29 is 10.2 Å². The third-order valence-corrected chi connectivity index (χ3v) is 5.08. The van der Waals surface area contributed by atoms with E-state index in [1.54, 1.807) is 25.5 Å². The van der Waals surface area contributed by atoms with Crippen LogP contribution in [-0.2, 0) is 26.1 Å². The number of hydrogen-bond acceptors (Lipinski definition) is 7. The van der Waals surface area contributed by atoms with E-state index >= 15 is 0 Å². The van der Waals surface area contributed by atoms with Gasteiger partial charge in [0.2, 0.25) is 0 Å². The molecule has 0 radical (unpaired) electrons. The number of aromatic amines is 1. The summed E-state index contributed by atoms with van der Waals surface area (Å²) in [5, 5.41) is 19.9. The molecule has 0 saturated carbocycles. The van der Waals surface area contributed by atoms with Crippen molar-refractivity contribution in [3.8, 4) is 17.1 Å². The zero-order valence-electron chi connectivity index (χ0n) is 15.5. The number of aliphatic hydroxyl groups is 1. The minimum Gasteiger partial charge on any atom is -0.506 e. The second kappa shape index (κ2) is 7.49. The molecule has 3 N–H and O–H groups in total. The van der Waals surface area contributed by atoms with Crippen LogP contribution in [0.15, 0.2) is 35.5 Å². The van der Waals surface area contributed by atoms with E-state index in [1.807, 2.05) is 12.1 Å². The van der Waals surface area contributed by atoms with E-state index in [1.165, 1.54) is 0 Å². The highest BCUT2D eigenvalue weighted by Crippen LogP contribution is 2.27. The fraction of sp³-hybridized carbons (Fsp3) is 0.300. The Bertz CT molecular complexity index is 1070. The third kappa shape index (κ3) is 3.39. The average molecular weight is 379 g/mol. The van der Waals surface area contributed by atoms with Gasteiger partial charge >= 0.3 is 0 Å². The molecule has 0 amide bonds. The number of nitrogens with zero attached hydrogens (tertiary/aromatic N) is 4. The number of aromatic hydroxyl groups is 1. The van der Waals surface area contributed by atoms with Gasteiger partial charge in [-0.2, -0.15) is 0 Å². The molecule has 4 heterocycles. The normalized spacial score (nSPS) is 14.1. The highest BCUT2D eigenvalue weighted by atomic mass is 16.3. The Balaban J connectivity index is 1.61. The van der Waals surface area contributed by atoms with Crippen molar-refractivity contribution in [2.75, 3.05) is 6.54 Å². The Morgan fingerprint density at radius 3 is 2.82 bits per heavy atom. The molecular weight excluding hydrogens is 358 g/mol. The van der Waals surface area contributed by atoms with E-state index in [4.69, 9.17) is 0 Å². The van der Waals surface area contributed by atoms with E-state index in [-0.39, 0.29) is 17.9 Å². The summed E-state index contributed by atoms with van der Waals surface area (Å²) in [6.45, 7) is 3.08. The largest absolute Gasteiger partial charge is 0.506 e. The Morgan fingerprint density at radius 1 is 1.29 bits per heavy atom. The van der Waals surface area contributed by atoms with Gasteiger partial charge in [-0.3, -0.25) is 19.7 Å². The minimum atomic E-state index is -0.196. The number of aromatic nitrogens is 4. The zero-order valence-corrected chi connectivity index (χ0v) is 15.5. The van der Waals surface area contributed by atoms with Gasteiger partial charge in [-0.1, -0.05) is 0 Å². The summed E-state index contributed by atoms with van der Waals surface area (Å²) in [6, 6.07) is 3.62. The Hall–Kier alpha value is -3.10. The first-order valence-corrected chi connectivity index (χ1v) is 9.08. The lowest BCUT2D eigenvalue weighted by Gasteiger charge is -2.28. The number of aryl methyl sites for hydroxylation is 1. The van der Waals surface area contributed by atoms with Crippen LogP contribution in [0.2, 0.25) is 0 Å². The van der Waals surface area contributed by atoms with E-state index < -0.39 is 0 Å². The van der Waals surface area contributed by atoms with Crippen LogP contribution in [0, 0.1) is 6.92 Å². The van der Waals surface area contributed by atoms with Gasteiger partial charge in [0.05, 0.1) is 23.6 Å². The molecule has 4 rings (SSSR count). The van der Waals surface area contributed by atoms with Crippen molar-refractivity contribution in [1.82, 2.24) is 24.8 Å². The van der Waals surface area contributed by atoms with Gasteiger partial charge in [0.1, 0.15) is 11.6 Å². The SMILES string of the molecule is Cc1ncc(CO)c(CN2CCc3nc(-c4ccncc4)[nH]c(=O)c3C2)c1O. The smallest absolute Gasteiger partial charge is 0.255 e. The number of H-pyrrole nitrogens is 1. The lowest BCUT2D eigenvalue weighted by atomic mass is 10.0. The van der Waals surface area contributed by atoms with Crippen molar-refractivity contribution in [2.24, 2.45) is 0 Å². The van der Waals surface area contributed by atoms with Crippen molar-refractivity contribution in [3.05, 3.63) is 69.2 Å². The van der Waals surface area contributed by atoms with Crippen LogP contribution >= 0.6 is 0 Å². The lowest BCUT2D eigenvalue weighted by Crippen LogP contribution is -2.35.